The van der Waals surface area contributed by atoms with Gasteiger partial charge in [0.1, 0.15) is 11.6 Å². The third-order valence-electron chi connectivity index (χ3n) is 2.17. The normalized spacial score (nSPS) is 12.2. The number of rotatable bonds is 7. The lowest BCUT2D eigenvalue weighted by molar-refractivity contribution is 0.178. The summed E-state index contributed by atoms with van der Waals surface area (Å²) >= 11 is 0. The molecule has 0 aliphatic rings. The monoisotopic (exact) mass is 225 g/mol. The highest BCUT2D eigenvalue weighted by atomic mass is 16.5. The molecule has 1 aromatic heterocycles. The molecule has 0 radical (unpaired) electrons. The molecule has 0 aliphatic carbocycles. The van der Waals surface area contributed by atoms with Crippen LogP contribution < -0.4 is 15.8 Å². The zero-order chi connectivity index (χ0) is 11.8. The SMILES string of the molecule is COCC(N)CCNc1ccc(OC)cn1. The maximum atomic E-state index is 5.79. The van der Waals surface area contributed by atoms with Crippen LogP contribution in [0.5, 0.6) is 5.75 Å². The first kappa shape index (κ1) is 12.7. The fraction of sp³-hybridized carbons (Fsp3) is 0.545. The number of nitrogens with one attached hydrogen (secondary N) is 1. The molecule has 0 saturated heterocycles. The molecule has 0 aromatic carbocycles. The maximum Gasteiger partial charge on any atom is 0.137 e. The van der Waals surface area contributed by atoms with Crippen LogP contribution >= 0.6 is 0 Å². The molecule has 0 fully saturated rings. The van der Waals surface area contributed by atoms with Crippen molar-refractivity contribution >= 4 is 5.82 Å². The van der Waals surface area contributed by atoms with Crippen molar-refractivity contribution in [3.63, 3.8) is 0 Å². The van der Waals surface area contributed by atoms with Crippen LogP contribution in [0, 0.1) is 0 Å². The summed E-state index contributed by atoms with van der Waals surface area (Å²) in [6.07, 6.45) is 2.53. The van der Waals surface area contributed by atoms with Crippen molar-refractivity contribution in [2.75, 3.05) is 32.7 Å². The van der Waals surface area contributed by atoms with Crippen molar-refractivity contribution in [2.45, 2.75) is 12.5 Å². The molecule has 1 aromatic rings. The maximum absolute atomic E-state index is 5.79. The summed E-state index contributed by atoms with van der Waals surface area (Å²) in [6, 6.07) is 3.81. The van der Waals surface area contributed by atoms with Crippen LogP contribution in [0.3, 0.4) is 0 Å². The number of pyridine rings is 1. The number of hydrogen-bond donors (Lipinski definition) is 2. The number of methoxy groups -OCH3 is 2. The predicted octanol–water partition coefficient (Wildman–Crippen LogP) is 0.866. The summed E-state index contributed by atoms with van der Waals surface area (Å²) in [5.41, 5.74) is 5.79. The third kappa shape index (κ3) is 4.46. The average Bonchev–Trinajstić information content (AvgIpc) is 2.30. The van der Waals surface area contributed by atoms with E-state index in [0.717, 1.165) is 24.5 Å². The molecule has 1 unspecified atom stereocenters. The number of ether oxygens (including phenoxy) is 2. The van der Waals surface area contributed by atoms with Gasteiger partial charge in [-0.15, -0.1) is 0 Å². The molecule has 1 atom stereocenters. The first-order valence-electron chi connectivity index (χ1n) is 5.24. The second kappa shape index (κ2) is 7.03. The van der Waals surface area contributed by atoms with Crippen molar-refractivity contribution in [2.24, 2.45) is 5.73 Å². The van der Waals surface area contributed by atoms with Crippen molar-refractivity contribution in [3.8, 4) is 5.75 Å². The minimum absolute atomic E-state index is 0.0655. The molecule has 1 heterocycles. The largest absolute Gasteiger partial charge is 0.495 e. The molecule has 0 aliphatic heterocycles. The fourth-order valence-corrected chi connectivity index (χ4v) is 1.29. The lowest BCUT2D eigenvalue weighted by Gasteiger charge is -2.11. The van der Waals surface area contributed by atoms with E-state index in [1.54, 1.807) is 20.4 Å². The predicted molar refractivity (Wildman–Crippen MR) is 63.7 cm³/mol. The first-order valence-corrected chi connectivity index (χ1v) is 5.24. The van der Waals surface area contributed by atoms with Gasteiger partial charge in [-0.1, -0.05) is 0 Å². The number of nitrogens with zero attached hydrogens (tertiary/aromatic N) is 1. The molecule has 90 valence electrons. The highest BCUT2D eigenvalue weighted by molar-refractivity contribution is 5.37. The van der Waals surface area contributed by atoms with Gasteiger partial charge in [0.25, 0.3) is 0 Å². The summed E-state index contributed by atoms with van der Waals surface area (Å²) in [5, 5.41) is 3.18. The Kier molecular flexibility index (Phi) is 5.60. The standard InChI is InChI=1S/C11H19N3O2/c1-15-8-9(12)5-6-13-11-4-3-10(16-2)7-14-11/h3-4,7,9H,5-6,8,12H2,1-2H3,(H,13,14). The summed E-state index contributed by atoms with van der Waals surface area (Å²) in [6.45, 7) is 1.36. The summed E-state index contributed by atoms with van der Waals surface area (Å²) < 4.78 is 9.97. The Morgan fingerprint density at radius 2 is 2.25 bits per heavy atom. The molecule has 5 nitrogen and oxygen atoms in total. The van der Waals surface area contributed by atoms with Gasteiger partial charge in [0, 0.05) is 19.7 Å². The van der Waals surface area contributed by atoms with Crippen molar-refractivity contribution in [1.29, 1.82) is 0 Å². The van der Waals surface area contributed by atoms with Crippen molar-refractivity contribution in [1.82, 2.24) is 4.98 Å². The Morgan fingerprint density at radius 3 is 2.81 bits per heavy atom. The quantitative estimate of drug-likeness (QED) is 0.720. The van der Waals surface area contributed by atoms with E-state index < -0.39 is 0 Å². The molecule has 3 N–H and O–H groups in total. The van der Waals surface area contributed by atoms with Crippen LogP contribution in [0.2, 0.25) is 0 Å². The Morgan fingerprint density at radius 1 is 1.44 bits per heavy atom. The highest BCUT2D eigenvalue weighted by Gasteiger charge is 2.01. The van der Waals surface area contributed by atoms with Gasteiger partial charge >= 0.3 is 0 Å². The van der Waals surface area contributed by atoms with E-state index in [9.17, 15) is 0 Å². The van der Waals surface area contributed by atoms with Crippen LogP contribution in [-0.4, -0.2) is 38.4 Å². The van der Waals surface area contributed by atoms with Gasteiger partial charge in [0.05, 0.1) is 19.9 Å². The van der Waals surface area contributed by atoms with Gasteiger partial charge < -0.3 is 20.5 Å². The van der Waals surface area contributed by atoms with Crippen LogP contribution in [-0.2, 0) is 4.74 Å². The number of anilines is 1. The zero-order valence-electron chi connectivity index (χ0n) is 9.77. The fourth-order valence-electron chi connectivity index (χ4n) is 1.29. The van der Waals surface area contributed by atoms with E-state index in [1.807, 2.05) is 12.1 Å². The highest BCUT2D eigenvalue weighted by Crippen LogP contribution is 2.10. The van der Waals surface area contributed by atoms with Crippen LogP contribution in [0.1, 0.15) is 6.42 Å². The molecule has 5 heteroatoms. The Bertz CT molecular complexity index is 290. The molecule has 0 amide bonds. The van der Waals surface area contributed by atoms with E-state index >= 15 is 0 Å². The second-order valence-corrected chi connectivity index (χ2v) is 3.51. The van der Waals surface area contributed by atoms with Crippen LogP contribution in [0.15, 0.2) is 18.3 Å². The van der Waals surface area contributed by atoms with E-state index in [4.69, 9.17) is 15.2 Å². The van der Waals surface area contributed by atoms with Crippen LogP contribution in [0.25, 0.3) is 0 Å². The zero-order valence-corrected chi connectivity index (χ0v) is 9.77. The molecule has 0 bridgehead atoms. The number of nitrogens with two attached hydrogens (primary N) is 1. The topological polar surface area (TPSA) is 69.4 Å². The lowest BCUT2D eigenvalue weighted by atomic mass is 10.2. The Balaban J connectivity index is 2.26. The Labute approximate surface area is 96.0 Å². The summed E-state index contributed by atoms with van der Waals surface area (Å²) in [5.74, 6) is 1.58. The van der Waals surface area contributed by atoms with Gasteiger partial charge in [0.2, 0.25) is 0 Å². The van der Waals surface area contributed by atoms with E-state index in [-0.39, 0.29) is 6.04 Å². The Hall–Kier alpha value is -1.33. The van der Waals surface area contributed by atoms with Gasteiger partial charge in [-0.2, -0.15) is 0 Å². The summed E-state index contributed by atoms with van der Waals surface area (Å²) in [4.78, 5) is 4.18. The first-order chi connectivity index (χ1) is 7.76. The molecule has 1 rings (SSSR count). The molecule has 16 heavy (non-hydrogen) atoms. The average molecular weight is 225 g/mol. The third-order valence-corrected chi connectivity index (χ3v) is 2.17. The molecular formula is C11H19N3O2. The molecule has 0 spiro atoms. The molecular weight excluding hydrogens is 206 g/mol. The van der Waals surface area contributed by atoms with Gasteiger partial charge in [-0.3, -0.25) is 0 Å². The number of aromatic nitrogens is 1. The second-order valence-electron chi connectivity index (χ2n) is 3.51. The molecule has 0 saturated carbocycles. The van der Waals surface area contributed by atoms with Crippen LogP contribution in [0.4, 0.5) is 5.82 Å². The van der Waals surface area contributed by atoms with E-state index in [1.165, 1.54) is 0 Å². The van der Waals surface area contributed by atoms with Gasteiger partial charge in [-0.25, -0.2) is 4.98 Å². The minimum atomic E-state index is 0.0655. The smallest absolute Gasteiger partial charge is 0.137 e. The lowest BCUT2D eigenvalue weighted by Crippen LogP contribution is -2.28. The van der Waals surface area contributed by atoms with Crippen molar-refractivity contribution in [3.05, 3.63) is 18.3 Å². The number of hydrogen-bond acceptors (Lipinski definition) is 5. The minimum Gasteiger partial charge on any atom is -0.495 e. The van der Waals surface area contributed by atoms with E-state index in [2.05, 4.69) is 10.3 Å². The van der Waals surface area contributed by atoms with Gasteiger partial charge in [0.15, 0.2) is 0 Å². The van der Waals surface area contributed by atoms with Crippen molar-refractivity contribution < 1.29 is 9.47 Å². The van der Waals surface area contributed by atoms with Gasteiger partial charge in [-0.05, 0) is 18.6 Å². The van der Waals surface area contributed by atoms with E-state index in [0.29, 0.717) is 6.61 Å². The summed E-state index contributed by atoms with van der Waals surface area (Å²) in [7, 11) is 3.27.